The number of ether oxygens (including phenoxy) is 1. The largest absolute Gasteiger partial charge is 0.374 e. The summed E-state index contributed by atoms with van der Waals surface area (Å²) < 4.78 is 5.92. The van der Waals surface area contributed by atoms with Crippen LogP contribution in [0.5, 0.6) is 0 Å². The van der Waals surface area contributed by atoms with E-state index in [-0.39, 0.29) is 5.60 Å². The van der Waals surface area contributed by atoms with E-state index in [4.69, 9.17) is 4.74 Å². The maximum absolute atomic E-state index is 5.92. The highest BCUT2D eigenvalue weighted by Gasteiger charge is 2.35. The normalized spacial score (nSPS) is 24.1. The third-order valence-corrected chi connectivity index (χ3v) is 4.64. The highest BCUT2D eigenvalue weighted by Crippen LogP contribution is 2.29. The molecule has 0 aliphatic carbocycles. The van der Waals surface area contributed by atoms with Crippen LogP contribution in [-0.4, -0.2) is 18.2 Å². The quantitative estimate of drug-likeness (QED) is 0.909. The van der Waals surface area contributed by atoms with E-state index in [9.17, 15) is 0 Å². The topological polar surface area (TPSA) is 21.3 Å². The highest BCUT2D eigenvalue weighted by molar-refractivity contribution is 5.85. The van der Waals surface area contributed by atoms with Crippen LogP contribution in [0.2, 0.25) is 0 Å². The van der Waals surface area contributed by atoms with Gasteiger partial charge in [0.1, 0.15) is 0 Å². The van der Waals surface area contributed by atoms with Gasteiger partial charge in [-0.15, -0.1) is 0 Å². The molecular weight excluding hydrogens is 246 g/mol. The van der Waals surface area contributed by atoms with Gasteiger partial charge in [-0.2, -0.15) is 0 Å². The van der Waals surface area contributed by atoms with Gasteiger partial charge in [-0.1, -0.05) is 42.5 Å². The lowest BCUT2D eigenvalue weighted by atomic mass is 9.94. The third kappa shape index (κ3) is 2.58. The Morgan fingerprint density at radius 3 is 2.80 bits per heavy atom. The van der Waals surface area contributed by atoms with E-state index < -0.39 is 0 Å². The van der Waals surface area contributed by atoms with Crippen molar-refractivity contribution in [3.8, 4) is 0 Å². The van der Waals surface area contributed by atoms with Crippen LogP contribution in [0.25, 0.3) is 10.8 Å². The molecule has 2 heteroatoms. The van der Waals surface area contributed by atoms with E-state index in [1.54, 1.807) is 0 Å². The van der Waals surface area contributed by atoms with E-state index in [1.165, 1.54) is 22.8 Å². The zero-order valence-corrected chi connectivity index (χ0v) is 12.4. The molecule has 0 spiro atoms. The van der Waals surface area contributed by atoms with E-state index in [1.807, 2.05) is 0 Å². The van der Waals surface area contributed by atoms with Crippen LogP contribution in [0.1, 0.15) is 32.3 Å². The predicted octanol–water partition coefficient (Wildman–Crippen LogP) is 3.89. The van der Waals surface area contributed by atoms with E-state index in [0.717, 1.165) is 19.6 Å². The second-order valence-electron chi connectivity index (χ2n) is 6.01. The summed E-state index contributed by atoms with van der Waals surface area (Å²) >= 11 is 0. The second-order valence-corrected chi connectivity index (χ2v) is 6.01. The summed E-state index contributed by atoms with van der Waals surface area (Å²) in [7, 11) is 0. The maximum Gasteiger partial charge on any atom is 0.0804 e. The molecular formula is C18H23NO. The summed E-state index contributed by atoms with van der Waals surface area (Å²) in [6.45, 7) is 6.25. The molecule has 2 atom stereocenters. The van der Waals surface area contributed by atoms with Crippen LogP contribution in [-0.2, 0) is 11.3 Å². The Labute approximate surface area is 121 Å². The molecule has 3 rings (SSSR count). The SMILES string of the molecule is C[C@H](NCc1cccc2ccccc12)[C@@]1(C)CCCO1. The minimum Gasteiger partial charge on any atom is -0.374 e. The monoisotopic (exact) mass is 269 g/mol. The molecule has 1 aliphatic rings. The molecule has 1 saturated heterocycles. The summed E-state index contributed by atoms with van der Waals surface area (Å²) in [6, 6.07) is 15.5. The first kappa shape index (κ1) is 13.6. The van der Waals surface area contributed by atoms with Crippen molar-refractivity contribution in [3.63, 3.8) is 0 Å². The molecule has 0 radical (unpaired) electrons. The summed E-state index contributed by atoms with van der Waals surface area (Å²) in [5, 5.41) is 6.30. The van der Waals surface area contributed by atoms with Crippen LogP contribution in [0.3, 0.4) is 0 Å². The summed E-state index contributed by atoms with van der Waals surface area (Å²) in [5.74, 6) is 0. The average molecular weight is 269 g/mol. The molecule has 20 heavy (non-hydrogen) atoms. The van der Waals surface area contributed by atoms with Gasteiger partial charge >= 0.3 is 0 Å². The number of hydrogen-bond acceptors (Lipinski definition) is 2. The van der Waals surface area contributed by atoms with Gasteiger partial charge in [-0.3, -0.25) is 0 Å². The van der Waals surface area contributed by atoms with Crippen molar-refractivity contribution < 1.29 is 4.74 Å². The van der Waals surface area contributed by atoms with Gasteiger partial charge in [0.05, 0.1) is 5.60 Å². The van der Waals surface area contributed by atoms with Crippen molar-refractivity contribution in [2.24, 2.45) is 0 Å². The molecule has 0 saturated carbocycles. The minimum atomic E-state index is -0.00934. The molecule has 1 aliphatic heterocycles. The Balaban J connectivity index is 1.74. The van der Waals surface area contributed by atoms with Crippen molar-refractivity contribution >= 4 is 10.8 Å². The van der Waals surface area contributed by atoms with E-state index >= 15 is 0 Å². The molecule has 0 aromatic heterocycles. The van der Waals surface area contributed by atoms with Crippen molar-refractivity contribution in [2.75, 3.05) is 6.61 Å². The minimum absolute atomic E-state index is 0.00934. The molecule has 106 valence electrons. The zero-order chi connectivity index (χ0) is 14.0. The van der Waals surface area contributed by atoms with E-state index in [0.29, 0.717) is 6.04 Å². The fraction of sp³-hybridized carbons (Fsp3) is 0.444. The highest BCUT2D eigenvalue weighted by atomic mass is 16.5. The van der Waals surface area contributed by atoms with Gasteiger partial charge in [0.25, 0.3) is 0 Å². The number of fused-ring (bicyclic) bond motifs is 1. The fourth-order valence-corrected chi connectivity index (χ4v) is 3.07. The van der Waals surface area contributed by atoms with Crippen LogP contribution in [0, 0.1) is 0 Å². The van der Waals surface area contributed by atoms with Gasteiger partial charge in [0.15, 0.2) is 0 Å². The van der Waals surface area contributed by atoms with Crippen LogP contribution >= 0.6 is 0 Å². The van der Waals surface area contributed by atoms with Gasteiger partial charge in [-0.05, 0) is 43.0 Å². The summed E-state index contributed by atoms with van der Waals surface area (Å²) in [4.78, 5) is 0. The Morgan fingerprint density at radius 1 is 1.20 bits per heavy atom. The lowest BCUT2D eigenvalue weighted by Gasteiger charge is -2.31. The first-order chi connectivity index (χ1) is 9.69. The molecule has 2 nitrogen and oxygen atoms in total. The predicted molar refractivity (Wildman–Crippen MR) is 83.8 cm³/mol. The fourth-order valence-electron chi connectivity index (χ4n) is 3.07. The number of hydrogen-bond donors (Lipinski definition) is 1. The molecule has 1 heterocycles. The smallest absolute Gasteiger partial charge is 0.0804 e. The van der Waals surface area contributed by atoms with Crippen molar-refractivity contribution in [2.45, 2.75) is 44.9 Å². The van der Waals surface area contributed by atoms with Gasteiger partial charge in [0.2, 0.25) is 0 Å². The Hall–Kier alpha value is -1.38. The van der Waals surface area contributed by atoms with Gasteiger partial charge < -0.3 is 10.1 Å². The molecule has 2 aromatic carbocycles. The Morgan fingerprint density at radius 2 is 2.00 bits per heavy atom. The Kier molecular flexibility index (Phi) is 3.77. The number of nitrogens with one attached hydrogen (secondary N) is 1. The van der Waals surface area contributed by atoms with Crippen LogP contribution in [0.4, 0.5) is 0 Å². The molecule has 2 aromatic rings. The van der Waals surface area contributed by atoms with Crippen LogP contribution < -0.4 is 5.32 Å². The summed E-state index contributed by atoms with van der Waals surface area (Å²) in [5.41, 5.74) is 1.35. The number of benzene rings is 2. The molecule has 1 N–H and O–H groups in total. The second kappa shape index (κ2) is 5.55. The average Bonchev–Trinajstić information content (AvgIpc) is 2.93. The zero-order valence-electron chi connectivity index (χ0n) is 12.4. The molecule has 0 amide bonds. The summed E-state index contributed by atoms with van der Waals surface area (Å²) in [6.07, 6.45) is 2.33. The van der Waals surface area contributed by atoms with Crippen molar-refractivity contribution in [1.82, 2.24) is 5.32 Å². The lowest BCUT2D eigenvalue weighted by molar-refractivity contribution is -0.00694. The van der Waals surface area contributed by atoms with E-state index in [2.05, 4.69) is 61.6 Å². The molecule has 0 bridgehead atoms. The van der Waals surface area contributed by atoms with Gasteiger partial charge in [-0.25, -0.2) is 0 Å². The third-order valence-electron chi connectivity index (χ3n) is 4.64. The Bertz CT molecular complexity index is 581. The van der Waals surface area contributed by atoms with Crippen LogP contribution in [0.15, 0.2) is 42.5 Å². The molecule has 1 fully saturated rings. The van der Waals surface area contributed by atoms with Crippen molar-refractivity contribution in [1.29, 1.82) is 0 Å². The number of rotatable bonds is 4. The standard InChI is InChI=1S/C18H23NO/c1-14(18(2)11-6-12-20-18)19-13-16-9-5-8-15-7-3-4-10-17(15)16/h3-5,7-10,14,19H,6,11-13H2,1-2H3/t14-,18+/m0/s1. The van der Waals surface area contributed by atoms with Crippen molar-refractivity contribution in [3.05, 3.63) is 48.0 Å². The maximum atomic E-state index is 5.92. The lowest BCUT2D eigenvalue weighted by Crippen LogP contribution is -2.46. The first-order valence-electron chi connectivity index (χ1n) is 7.53. The molecule has 0 unspecified atom stereocenters. The van der Waals surface area contributed by atoms with Gasteiger partial charge in [0, 0.05) is 19.2 Å². The first-order valence-corrected chi connectivity index (χ1v) is 7.53.